The number of nitrogen functional groups attached to an aromatic ring is 1. The molecule has 1 aliphatic carbocycles. The Morgan fingerprint density at radius 1 is 1.05 bits per heavy atom. The van der Waals surface area contributed by atoms with Gasteiger partial charge in [0.2, 0.25) is 0 Å². The van der Waals surface area contributed by atoms with Crippen molar-refractivity contribution in [1.29, 1.82) is 0 Å². The summed E-state index contributed by atoms with van der Waals surface area (Å²) in [6.07, 6.45) is 1.72. The highest BCUT2D eigenvalue weighted by Crippen LogP contribution is 2.34. The van der Waals surface area contributed by atoms with E-state index < -0.39 is 52.5 Å². The van der Waals surface area contributed by atoms with E-state index in [4.69, 9.17) is 19.6 Å². The first kappa shape index (κ1) is 26.7. The summed E-state index contributed by atoms with van der Waals surface area (Å²) in [5, 5.41) is 11.4. The highest BCUT2D eigenvalue weighted by atomic mass is 19.2. The first-order chi connectivity index (χ1) is 18.2. The molecule has 1 heterocycles. The van der Waals surface area contributed by atoms with Crippen molar-refractivity contribution in [1.82, 2.24) is 10.2 Å². The van der Waals surface area contributed by atoms with Crippen molar-refractivity contribution < 1.29 is 41.0 Å². The Morgan fingerprint density at radius 2 is 1.76 bits per heavy atom. The second kappa shape index (κ2) is 11.4. The normalized spacial score (nSPS) is 17.1. The van der Waals surface area contributed by atoms with E-state index in [1.165, 1.54) is 12.1 Å². The van der Waals surface area contributed by atoms with Crippen LogP contribution in [-0.4, -0.2) is 34.8 Å². The predicted octanol–water partition coefficient (Wildman–Crippen LogP) is 4.70. The summed E-state index contributed by atoms with van der Waals surface area (Å²) in [6, 6.07) is 2.99. The standard InChI is InChI=1S/C24H23F4N5O5/c1-2-36-23(35)11-3-5-12(6-4-11)37-18-8-7-16(29)20(19(18)28)31-21(34)22-32-33-24(38-22)30-17-10-14(26)13(25)9-15(17)27/h7-12H,2-6,29H2,1H3,(H,30,33)(H,31,34)/t11-,12+. The highest BCUT2D eigenvalue weighted by Gasteiger charge is 2.29. The lowest BCUT2D eigenvalue weighted by atomic mass is 9.87. The molecule has 10 nitrogen and oxygen atoms in total. The van der Waals surface area contributed by atoms with Crippen LogP contribution in [0.4, 0.5) is 40.6 Å². The van der Waals surface area contributed by atoms with Gasteiger partial charge in [-0.05, 0) is 44.7 Å². The summed E-state index contributed by atoms with van der Waals surface area (Å²) >= 11 is 0. The van der Waals surface area contributed by atoms with Crippen LogP contribution in [0.3, 0.4) is 0 Å². The molecular weight excluding hydrogens is 514 g/mol. The van der Waals surface area contributed by atoms with Gasteiger partial charge in [0.15, 0.2) is 23.2 Å². The number of carbonyl (C=O) groups is 2. The number of nitrogens with one attached hydrogen (secondary N) is 2. The molecular formula is C24H23F4N5O5. The molecule has 0 spiro atoms. The largest absolute Gasteiger partial charge is 0.487 e. The molecule has 4 N–H and O–H groups in total. The molecule has 1 fully saturated rings. The maximum atomic E-state index is 15.2. The van der Waals surface area contributed by atoms with Crippen molar-refractivity contribution in [3.8, 4) is 5.75 Å². The number of amides is 1. The third-order valence-electron chi connectivity index (χ3n) is 5.84. The number of aromatic nitrogens is 2. The maximum absolute atomic E-state index is 15.2. The van der Waals surface area contributed by atoms with Crippen molar-refractivity contribution in [2.45, 2.75) is 38.7 Å². The maximum Gasteiger partial charge on any atom is 0.320 e. The lowest BCUT2D eigenvalue weighted by Crippen LogP contribution is -2.29. The van der Waals surface area contributed by atoms with Gasteiger partial charge in [0.1, 0.15) is 11.5 Å². The monoisotopic (exact) mass is 537 g/mol. The number of nitrogens with zero attached hydrogens (tertiary/aromatic N) is 2. The second-order valence-electron chi connectivity index (χ2n) is 8.42. The Bertz CT molecular complexity index is 1340. The summed E-state index contributed by atoms with van der Waals surface area (Å²) in [5.74, 6) is -7.15. The first-order valence-corrected chi connectivity index (χ1v) is 11.6. The molecule has 3 aromatic rings. The minimum absolute atomic E-state index is 0.115. The molecule has 202 valence electrons. The summed E-state index contributed by atoms with van der Waals surface area (Å²) in [4.78, 5) is 24.5. The van der Waals surface area contributed by atoms with Crippen LogP contribution in [0, 0.1) is 29.2 Å². The molecule has 1 amide bonds. The molecule has 1 aromatic heterocycles. The predicted molar refractivity (Wildman–Crippen MR) is 126 cm³/mol. The van der Waals surface area contributed by atoms with Crippen molar-refractivity contribution in [3.05, 3.63) is 53.4 Å². The van der Waals surface area contributed by atoms with Crippen LogP contribution < -0.4 is 21.1 Å². The van der Waals surface area contributed by atoms with Crippen LogP contribution in [0.5, 0.6) is 5.75 Å². The van der Waals surface area contributed by atoms with E-state index in [1.54, 1.807) is 6.92 Å². The van der Waals surface area contributed by atoms with Gasteiger partial charge in [0, 0.05) is 12.1 Å². The molecule has 4 rings (SSSR count). The van der Waals surface area contributed by atoms with Gasteiger partial charge >= 0.3 is 23.8 Å². The summed E-state index contributed by atoms with van der Waals surface area (Å²) in [6.45, 7) is 2.03. The van der Waals surface area contributed by atoms with Crippen molar-refractivity contribution >= 4 is 35.0 Å². The zero-order chi connectivity index (χ0) is 27.4. The van der Waals surface area contributed by atoms with Gasteiger partial charge in [-0.25, -0.2) is 17.6 Å². The smallest absolute Gasteiger partial charge is 0.320 e. The minimum atomic E-state index is -1.39. The van der Waals surface area contributed by atoms with E-state index in [1.807, 2.05) is 0 Å². The van der Waals surface area contributed by atoms with Crippen LogP contribution in [0.1, 0.15) is 43.3 Å². The fourth-order valence-electron chi connectivity index (χ4n) is 3.91. The van der Waals surface area contributed by atoms with E-state index in [2.05, 4.69) is 20.8 Å². The SMILES string of the molecule is CCOC(=O)[C@H]1CC[C@@H](Oc2ccc(N)c(NC(=O)c3nnc(Nc4cc(F)c(F)cc4F)o3)c2F)CC1. The highest BCUT2D eigenvalue weighted by molar-refractivity contribution is 6.03. The summed E-state index contributed by atoms with van der Waals surface area (Å²) in [7, 11) is 0. The number of ether oxygens (including phenoxy) is 2. The van der Waals surface area contributed by atoms with E-state index in [9.17, 15) is 22.8 Å². The fraction of sp³-hybridized carbons (Fsp3) is 0.333. The number of anilines is 4. The minimum Gasteiger partial charge on any atom is -0.487 e. The van der Waals surface area contributed by atoms with E-state index in [0.29, 0.717) is 44.4 Å². The number of carbonyl (C=O) groups excluding carboxylic acids is 2. The lowest BCUT2D eigenvalue weighted by molar-refractivity contribution is -0.149. The zero-order valence-electron chi connectivity index (χ0n) is 20.0. The Balaban J connectivity index is 1.41. The third-order valence-corrected chi connectivity index (χ3v) is 5.84. The van der Waals surface area contributed by atoms with Crippen molar-refractivity contribution in [2.75, 3.05) is 23.0 Å². The Kier molecular flexibility index (Phi) is 7.98. The van der Waals surface area contributed by atoms with Crippen LogP contribution in [-0.2, 0) is 9.53 Å². The van der Waals surface area contributed by atoms with Gasteiger partial charge in [-0.3, -0.25) is 9.59 Å². The van der Waals surface area contributed by atoms with Crippen molar-refractivity contribution in [2.24, 2.45) is 5.92 Å². The lowest BCUT2D eigenvalue weighted by Gasteiger charge is -2.28. The average Bonchev–Trinajstić information content (AvgIpc) is 3.36. The quantitative estimate of drug-likeness (QED) is 0.161. The van der Waals surface area contributed by atoms with Crippen LogP contribution in [0.15, 0.2) is 28.7 Å². The molecule has 0 aliphatic heterocycles. The van der Waals surface area contributed by atoms with Crippen LogP contribution in [0.2, 0.25) is 0 Å². The number of hydrogen-bond acceptors (Lipinski definition) is 9. The molecule has 0 unspecified atom stereocenters. The van der Waals surface area contributed by atoms with Gasteiger partial charge in [0.05, 0.1) is 30.0 Å². The van der Waals surface area contributed by atoms with E-state index >= 15 is 4.39 Å². The van der Waals surface area contributed by atoms with E-state index in [0.717, 1.165) is 0 Å². The first-order valence-electron chi connectivity index (χ1n) is 11.6. The Labute approximate surface area is 213 Å². The van der Waals surface area contributed by atoms with Gasteiger partial charge < -0.3 is 30.3 Å². The van der Waals surface area contributed by atoms with Crippen LogP contribution >= 0.6 is 0 Å². The molecule has 0 atom stereocenters. The molecule has 0 saturated heterocycles. The number of esters is 1. The second-order valence-corrected chi connectivity index (χ2v) is 8.42. The Hall–Kier alpha value is -4.36. The fourth-order valence-corrected chi connectivity index (χ4v) is 3.91. The molecule has 38 heavy (non-hydrogen) atoms. The number of benzene rings is 2. The Morgan fingerprint density at radius 3 is 2.47 bits per heavy atom. The number of rotatable bonds is 8. The molecule has 0 radical (unpaired) electrons. The number of nitrogens with two attached hydrogens (primary N) is 1. The van der Waals surface area contributed by atoms with Crippen molar-refractivity contribution in [3.63, 3.8) is 0 Å². The summed E-state index contributed by atoms with van der Waals surface area (Å²) < 4.78 is 71.4. The van der Waals surface area contributed by atoms with Gasteiger partial charge in [-0.1, -0.05) is 5.10 Å². The van der Waals surface area contributed by atoms with E-state index in [-0.39, 0.29) is 29.4 Å². The molecule has 2 aromatic carbocycles. The zero-order valence-corrected chi connectivity index (χ0v) is 20.0. The third kappa shape index (κ3) is 5.95. The average molecular weight is 537 g/mol. The molecule has 0 bridgehead atoms. The number of halogens is 4. The number of hydrogen-bond donors (Lipinski definition) is 3. The van der Waals surface area contributed by atoms with Crippen LogP contribution in [0.25, 0.3) is 0 Å². The van der Waals surface area contributed by atoms with Gasteiger partial charge in [-0.2, -0.15) is 0 Å². The topological polar surface area (TPSA) is 142 Å². The molecule has 14 heteroatoms. The van der Waals surface area contributed by atoms with Gasteiger partial charge in [-0.15, -0.1) is 5.10 Å². The summed E-state index contributed by atoms with van der Waals surface area (Å²) in [5.41, 5.74) is 4.80. The molecule has 1 saturated carbocycles. The van der Waals surface area contributed by atoms with Gasteiger partial charge in [0.25, 0.3) is 0 Å². The molecule has 1 aliphatic rings.